The standard InChI is InChI=1S/C10H12O5S3/c11-6-7-17(12,13)10(16)18(14,15)8-9-4-2-1-3-5-9/h1-5,11H,6-8H2. The molecule has 0 bridgehead atoms. The Morgan fingerprint density at radius 1 is 1.06 bits per heavy atom. The van der Waals surface area contributed by atoms with Crippen LogP contribution in [0.15, 0.2) is 30.3 Å². The number of hydrogen-bond acceptors (Lipinski definition) is 6. The summed E-state index contributed by atoms with van der Waals surface area (Å²) in [6, 6.07) is 8.15. The molecule has 100 valence electrons. The predicted molar refractivity (Wildman–Crippen MR) is 72.5 cm³/mol. The van der Waals surface area contributed by atoms with Crippen molar-refractivity contribution in [2.45, 2.75) is 5.75 Å². The van der Waals surface area contributed by atoms with Crippen molar-refractivity contribution in [2.75, 3.05) is 12.4 Å². The normalized spacial score (nSPS) is 12.3. The van der Waals surface area contributed by atoms with Gasteiger partial charge in [-0.25, -0.2) is 16.8 Å². The molecule has 0 unspecified atom stereocenters. The third-order valence-electron chi connectivity index (χ3n) is 2.07. The van der Waals surface area contributed by atoms with E-state index >= 15 is 0 Å². The van der Waals surface area contributed by atoms with E-state index in [1.54, 1.807) is 30.3 Å². The maximum atomic E-state index is 11.8. The molecule has 0 heterocycles. The molecule has 0 aromatic heterocycles. The second-order valence-corrected chi connectivity index (χ2v) is 8.69. The van der Waals surface area contributed by atoms with E-state index in [0.29, 0.717) is 5.56 Å². The van der Waals surface area contributed by atoms with Crippen LogP contribution in [0.3, 0.4) is 0 Å². The summed E-state index contributed by atoms with van der Waals surface area (Å²) in [6.45, 7) is -0.663. The van der Waals surface area contributed by atoms with Gasteiger partial charge in [-0.2, -0.15) is 0 Å². The first-order valence-electron chi connectivity index (χ1n) is 4.94. The lowest BCUT2D eigenvalue weighted by molar-refractivity contribution is 0.320. The highest BCUT2D eigenvalue weighted by Gasteiger charge is 2.30. The molecule has 1 rings (SSSR count). The van der Waals surface area contributed by atoms with Gasteiger partial charge in [0.2, 0.25) is 23.2 Å². The lowest BCUT2D eigenvalue weighted by atomic mass is 10.2. The molecule has 0 fully saturated rings. The second-order valence-electron chi connectivity index (χ2n) is 3.54. The molecule has 0 saturated heterocycles. The number of aliphatic hydroxyl groups excluding tert-OH is 1. The summed E-state index contributed by atoms with van der Waals surface area (Å²) in [5.41, 5.74) is 0.457. The average Bonchev–Trinajstić information content (AvgIpc) is 2.28. The Kier molecular flexibility index (Phi) is 4.97. The van der Waals surface area contributed by atoms with Gasteiger partial charge < -0.3 is 5.11 Å². The number of rotatable bonds is 4. The highest BCUT2D eigenvalue weighted by molar-refractivity contribution is 8.40. The molecule has 5 nitrogen and oxygen atoms in total. The van der Waals surface area contributed by atoms with Crippen molar-refractivity contribution < 1.29 is 21.9 Å². The molecule has 0 saturated carbocycles. The van der Waals surface area contributed by atoms with Crippen molar-refractivity contribution in [2.24, 2.45) is 0 Å². The summed E-state index contributed by atoms with van der Waals surface area (Å²) in [5, 5.41) is 8.57. The third kappa shape index (κ3) is 3.84. The van der Waals surface area contributed by atoms with Crippen molar-refractivity contribution in [3.63, 3.8) is 0 Å². The van der Waals surface area contributed by atoms with Crippen LogP contribution < -0.4 is 0 Å². The topological polar surface area (TPSA) is 88.5 Å². The molecule has 0 spiro atoms. The summed E-state index contributed by atoms with van der Waals surface area (Å²) >= 11 is 4.50. The van der Waals surface area contributed by atoms with Crippen LogP contribution in [0.4, 0.5) is 0 Å². The molecule has 1 aromatic carbocycles. The maximum absolute atomic E-state index is 11.8. The number of thiocarbonyl (C=S) groups is 1. The zero-order chi connectivity index (χ0) is 13.8. The molecular weight excluding hydrogens is 296 g/mol. The molecule has 1 aromatic rings. The van der Waals surface area contributed by atoms with Crippen LogP contribution in [0.2, 0.25) is 0 Å². The van der Waals surface area contributed by atoms with Crippen molar-refractivity contribution in [3.8, 4) is 0 Å². The maximum Gasteiger partial charge on any atom is 0.222 e. The van der Waals surface area contributed by atoms with Crippen molar-refractivity contribution >= 4 is 35.4 Å². The van der Waals surface area contributed by atoms with Gasteiger partial charge in [-0.3, -0.25) is 0 Å². The van der Waals surface area contributed by atoms with Gasteiger partial charge >= 0.3 is 0 Å². The Morgan fingerprint density at radius 2 is 1.61 bits per heavy atom. The Hall–Kier alpha value is -0.830. The number of hydrogen-bond donors (Lipinski definition) is 1. The zero-order valence-electron chi connectivity index (χ0n) is 9.31. The highest BCUT2D eigenvalue weighted by atomic mass is 32.3. The van der Waals surface area contributed by atoms with Gasteiger partial charge in [0, 0.05) is 0 Å². The van der Waals surface area contributed by atoms with Crippen LogP contribution in [0.1, 0.15) is 5.56 Å². The van der Waals surface area contributed by atoms with Crippen LogP contribution in [-0.4, -0.2) is 37.8 Å². The third-order valence-corrected chi connectivity index (χ3v) is 7.56. The van der Waals surface area contributed by atoms with Gasteiger partial charge in [-0.1, -0.05) is 42.5 Å². The predicted octanol–water partition coefficient (Wildman–Crippen LogP) is 0.293. The quantitative estimate of drug-likeness (QED) is 0.805. The summed E-state index contributed by atoms with van der Waals surface area (Å²) in [4.78, 5) is 0. The first kappa shape index (κ1) is 15.2. The first-order valence-corrected chi connectivity index (χ1v) is 8.65. The minimum atomic E-state index is -4.09. The Morgan fingerprint density at radius 3 is 2.11 bits per heavy atom. The molecule has 0 aliphatic carbocycles. The zero-order valence-corrected chi connectivity index (χ0v) is 11.8. The largest absolute Gasteiger partial charge is 0.395 e. The van der Waals surface area contributed by atoms with E-state index in [1.165, 1.54) is 0 Å². The first-order chi connectivity index (χ1) is 8.29. The highest BCUT2D eigenvalue weighted by Crippen LogP contribution is 2.12. The fraction of sp³-hybridized carbons (Fsp3) is 0.300. The molecule has 0 radical (unpaired) electrons. The van der Waals surface area contributed by atoms with Gasteiger partial charge in [0.05, 0.1) is 18.1 Å². The van der Waals surface area contributed by atoms with Crippen molar-refractivity contribution in [1.29, 1.82) is 0 Å². The SMILES string of the molecule is O=S(=O)(CCO)C(=S)S(=O)(=O)Cc1ccccc1. The Bertz CT molecular complexity index is 617. The van der Waals surface area contributed by atoms with Crippen LogP contribution in [0.25, 0.3) is 0 Å². The molecule has 0 amide bonds. The fourth-order valence-electron chi connectivity index (χ4n) is 1.25. The van der Waals surface area contributed by atoms with Gasteiger partial charge in [0.1, 0.15) is 0 Å². The van der Waals surface area contributed by atoms with Gasteiger partial charge in [-0.15, -0.1) is 0 Å². The van der Waals surface area contributed by atoms with Crippen LogP contribution >= 0.6 is 12.2 Å². The smallest absolute Gasteiger partial charge is 0.222 e. The van der Waals surface area contributed by atoms with E-state index in [9.17, 15) is 16.8 Å². The van der Waals surface area contributed by atoms with E-state index in [0.717, 1.165) is 0 Å². The van der Waals surface area contributed by atoms with E-state index in [2.05, 4.69) is 12.2 Å². The lowest BCUT2D eigenvalue weighted by Gasteiger charge is -2.06. The summed E-state index contributed by atoms with van der Waals surface area (Å²) in [7, 11) is -8.16. The number of aliphatic hydroxyl groups is 1. The Labute approximate surface area is 111 Å². The fourth-order valence-corrected chi connectivity index (χ4v) is 4.81. The summed E-state index contributed by atoms with van der Waals surface area (Å²) < 4.78 is 45.6. The van der Waals surface area contributed by atoms with Gasteiger partial charge in [-0.05, 0) is 5.56 Å². The molecule has 1 N–H and O–H groups in total. The van der Waals surface area contributed by atoms with E-state index in [-0.39, 0.29) is 0 Å². The molecular formula is C10H12O5S3. The van der Waals surface area contributed by atoms with Crippen molar-refractivity contribution in [1.82, 2.24) is 0 Å². The minimum Gasteiger partial charge on any atom is -0.395 e. The van der Waals surface area contributed by atoms with Gasteiger partial charge in [0.15, 0.2) is 0 Å². The van der Waals surface area contributed by atoms with E-state index in [4.69, 9.17) is 5.11 Å². The molecule has 0 aliphatic heterocycles. The monoisotopic (exact) mass is 308 g/mol. The van der Waals surface area contributed by atoms with Crippen LogP contribution in [-0.2, 0) is 25.4 Å². The van der Waals surface area contributed by atoms with Crippen molar-refractivity contribution in [3.05, 3.63) is 35.9 Å². The number of sulfone groups is 2. The average molecular weight is 308 g/mol. The lowest BCUT2D eigenvalue weighted by Crippen LogP contribution is -2.27. The van der Waals surface area contributed by atoms with Crippen LogP contribution in [0, 0.1) is 0 Å². The van der Waals surface area contributed by atoms with Gasteiger partial charge in [0.25, 0.3) is 0 Å². The molecule has 8 heteroatoms. The summed E-state index contributed by atoms with van der Waals surface area (Å²) in [6.07, 6.45) is 0. The molecule has 18 heavy (non-hydrogen) atoms. The molecule has 0 atom stereocenters. The number of benzene rings is 1. The second kappa shape index (κ2) is 5.87. The summed E-state index contributed by atoms with van der Waals surface area (Å²) in [5.74, 6) is -1.14. The molecule has 0 aliphatic rings. The Balaban J connectivity index is 2.99. The minimum absolute atomic E-state index is 0.457. The van der Waals surface area contributed by atoms with Crippen LogP contribution in [0.5, 0.6) is 0 Å². The van der Waals surface area contributed by atoms with E-state index in [1.807, 2.05) is 0 Å². The van der Waals surface area contributed by atoms with E-state index < -0.39 is 41.3 Å².